The van der Waals surface area contributed by atoms with Crippen LogP contribution in [0.25, 0.3) is 0 Å². The lowest BCUT2D eigenvalue weighted by Crippen LogP contribution is -2.35. The number of hydrogen-bond donors (Lipinski definition) is 1. The molecule has 0 unspecified atom stereocenters. The van der Waals surface area contributed by atoms with Crippen molar-refractivity contribution in [2.75, 3.05) is 32.7 Å². The van der Waals surface area contributed by atoms with Gasteiger partial charge in [-0.2, -0.15) is 0 Å². The molecule has 110 valence electrons. The lowest BCUT2D eigenvalue weighted by Gasteiger charge is -2.20. The molecule has 0 atom stereocenters. The zero-order valence-electron chi connectivity index (χ0n) is 12.5. The Labute approximate surface area is 119 Å². The summed E-state index contributed by atoms with van der Waals surface area (Å²) in [5.41, 5.74) is 2.74. The topological polar surface area (TPSA) is 56.4 Å². The average Bonchev–Trinajstić information content (AvgIpc) is 2.60. The van der Waals surface area contributed by atoms with E-state index < -0.39 is 0 Å². The molecule has 1 fully saturated rings. The summed E-state index contributed by atoms with van der Waals surface area (Å²) in [6, 6.07) is 1.91. The molecule has 1 aromatic rings. The van der Waals surface area contributed by atoms with Gasteiger partial charge in [0.15, 0.2) is 5.78 Å². The molecule has 1 aliphatic heterocycles. The van der Waals surface area contributed by atoms with Gasteiger partial charge in [-0.15, -0.1) is 0 Å². The van der Waals surface area contributed by atoms with Gasteiger partial charge in [0.2, 0.25) is 5.91 Å². The molecule has 5 nitrogen and oxygen atoms in total. The fourth-order valence-corrected chi connectivity index (χ4v) is 2.75. The minimum Gasteiger partial charge on any atom is -0.362 e. The fourth-order valence-electron chi connectivity index (χ4n) is 2.75. The van der Waals surface area contributed by atoms with Gasteiger partial charge < -0.3 is 9.88 Å². The molecular weight excluding hydrogens is 254 g/mol. The third-order valence-corrected chi connectivity index (χ3v) is 3.85. The van der Waals surface area contributed by atoms with E-state index in [1.807, 2.05) is 24.8 Å². The smallest absolute Gasteiger partial charge is 0.219 e. The number of aromatic nitrogens is 1. The molecule has 1 N–H and O–H groups in total. The van der Waals surface area contributed by atoms with E-state index in [0.717, 1.165) is 43.0 Å². The summed E-state index contributed by atoms with van der Waals surface area (Å²) < 4.78 is 0. The molecule has 0 radical (unpaired) electrons. The molecule has 1 saturated heterocycles. The molecule has 0 spiro atoms. The number of aromatic amines is 1. The predicted octanol–water partition coefficient (Wildman–Crippen LogP) is 1.37. The summed E-state index contributed by atoms with van der Waals surface area (Å²) >= 11 is 0. The van der Waals surface area contributed by atoms with E-state index in [1.54, 1.807) is 6.92 Å². The molecule has 0 aliphatic carbocycles. The van der Waals surface area contributed by atoms with E-state index in [4.69, 9.17) is 0 Å². The van der Waals surface area contributed by atoms with Crippen molar-refractivity contribution in [3.05, 3.63) is 23.0 Å². The van der Waals surface area contributed by atoms with Crippen LogP contribution >= 0.6 is 0 Å². The van der Waals surface area contributed by atoms with Crippen LogP contribution in [-0.2, 0) is 4.79 Å². The van der Waals surface area contributed by atoms with E-state index in [-0.39, 0.29) is 11.7 Å². The summed E-state index contributed by atoms with van der Waals surface area (Å²) in [7, 11) is 0. The lowest BCUT2D eigenvalue weighted by atomic mass is 10.1. The van der Waals surface area contributed by atoms with Crippen LogP contribution in [0.4, 0.5) is 0 Å². The maximum Gasteiger partial charge on any atom is 0.219 e. The molecule has 2 heterocycles. The summed E-state index contributed by atoms with van der Waals surface area (Å²) in [6.07, 6.45) is 0.929. The molecule has 0 saturated carbocycles. The van der Waals surface area contributed by atoms with Gasteiger partial charge in [-0.1, -0.05) is 0 Å². The average molecular weight is 277 g/mol. The fraction of sp³-hybridized carbons (Fsp3) is 0.600. The molecule has 2 rings (SSSR count). The van der Waals surface area contributed by atoms with Crippen LogP contribution in [0.3, 0.4) is 0 Å². The quantitative estimate of drug-likeness (QED) is 0.849. The van der Waals surface area contributed by atoms with E-state index in [1.165, 1.54) is 0 Å². The standard InChI is InChI=1S/C15H23N3O2/c1-11-9-14(12(2)16-11)15(20)10-17-5-4-6-18(8-7-17)13(3)19/h9,16H,4-8,10H2,1-3H3. The number of nitrogens with one attached hydrogen (secondary N) is 1. The number of Topliss-reactive ketones (excluding diaryl/α,β-unsaturated/α-hetero) is 1. The second-order valence-corrected chi connectivity index (χ2v) is 5.55. The minimum atomic E-state index is 0.121. The van der Waals surface area contributed by atoms with Gasteiger partial charge in [0.25, 0.3) is 0 Å². The highest BCUT2D eigenvalue weighted by atomic mass is 16.2. The van der Waals surface area contributed by atoms with Gasteiger partial charge in [0, 0.05) is 50.1 Å². The van der Waals surface area contributed by atoms with E-state index >= 15 is 0 Å². The Bertz CT molecular complexity index is 507. The van der Waals surface area contributed by atoms with Gasteiger partial charge in [0.1, 0.15) is 0 Å². The third-order valence-electron chi connectivity index (χ3n) is 3.85. The van der Waals surface area contributed by atoms with Crippen molar-refractivity contribution < 1.29 is 9.59 Å². The highest BCUT2D eigenvalue weighted by Gasteiger charge is 2.20. The number of hydrogen-bond acceptors (Lipinski definition) is 3. The SMILES string of the molecule is CC(=O)N1CCCN(CC(=O)c2cc(C)[nH]c2C)CC1. The Morgan fingerprint density at radius 3 is 2.55 bits per heavy atom. The number of amides is 1. The zero-order valence-corrected chi connectivity index (χ0v) is 12.5. The van der Waals surface area contributed by atoms with Crippen molar-refractivity contribution in [1.82, 2.24) is 14.8 Å². The van der Waals surface area contributed by atoms with E-state index in [0.29, 0.717) is 13.1 Å². The first-order valence-corrected chi connectivity index (χ1v) is 7.14. The molecule has 1 amide bonds. The Hall–Kier alpha value is -1.62. The Morgan fingerprint density at radius 2 is 1.95 bits per heavy atom. The number of ketones is 1. The van der Waals surface area contributed by atoms with Crippen LogP contribution in [0.5, 0.6) is 0 Å². The highest BCUT2D eigenvalue weighted by molar-refractivity contribution is 5.98. The minimum absolute atomic E-state index is 0.121. The van der Waals surface area contributed by atoms with Crippen molar-refractivity contribution in [1.29, 1.82) is 0 Å². The van der Waals surface area contributed by atoms with Gasteiger partial charge in [-0.25, -0.2) is 0 Å². The van der Waals surface area contributed by atoms with E-state index in [2.05, 4.69) is 9.88 Å². The number of carbonyl (C=O) groups is 2. The van der Waals surface area contributed by atoms with Crippen LogP contribution in [0, 0.1) is 13.8 Å². The Balaban J connectivity index is 1.95. The van der Waals surface area contributed by atoms with Gasteiger partial charge >= 0.3 is 0 Å². The largest absolute Gasteiger partial charge is 0.362 e. The molecule has 5 heteroatoms. The summed E-state index contributed by atoms with van der Waals surface area (Å²) in [5, 5.41) is 0. The number of aryl methyl sites for hydroxylation is 2. The first-order chi connectivity index (χ1) is 9.47. The van der Waals surface area contributed by atoms with Gasteiger partial charge in [-0.3, -0.25) is 14.5 Å². The summed E-state index contributed by atoms with van der Waals surface area (Å²) in [4.78, 5) is 30.9. The van der Waals surface area contributed by atoms with Crippen molar-refractivity contribution in [2.45, 2.75) is 27.2 Å². The molecule has 0 bridgehead atoms. The second-order valence-electron chi connectivity index (χ2n) is 5.55. The van der Waals surface area contributed by atoms with Gasteiger partial charge in [0.05, 0.1) is 6.54 Å². The van der Waals surface area contributed by atoms with Gasteiger partial charge in [-0.05, 0) is 26.3 Å². The summed E-state index contributed by atoms with van der Waals surface area (Å²) in [6.45, 7) is 9.08. The Morgan fingerprint density at radius 1 is 1.20 bits per heavy atom. The molecule has 1 aromatic heterocycles. The molecule has 20 heavy (non-hydrogen) atoms. The third kappa shape index (κ3) is 3.48. The van der Waals surface area contributed by atoms with Crippen molar-refractivity contribution >= 4 is 11.7 Å². The van der Waals surface area contributed by atoms with Crippen LogP contribution in [-0.4, -0.2) is 59.2 Å². The number of H-pyrrole nitrogens is 1. The first-order valence-electron chi connectivity index (χ1n) is 7.14. The normalized spacial score (nSPS) is 17.1. The maximum atomic E-state index is 12.3. The second kappa shape index (κ2) is 6.22. The maximum absolute atomic E-state index is 12.3. The van der Waals surface area contributed by atoms with Crippen LogP contribution in [0.1, 0.15) is 35.1 Å². The number of carbonyl (C=O) groups excluding carboxylic acids is 2. The van der Waals surface area contributed by atoms with Crippen molar-refractivity contribution in [3.63, 3.8) is 0 Å². The van der Waals surface area contributed by atoms with Crippen molar-refractivity contribution in [2.24, 2.45) is 0 Å². The van der Waals surface area contributed by atoms with Crippen LogP contribution in [0.2, 0.25) is 0 Å². The molecule has 1 aliphatic rings. The van der Waals surface area contributed by atoms with Crippen molar-refractivity contribution in [3.8, 4) is 0 Å². The number of rotatable bonds is 3. The highest BCUT2D eigenvalue weighted by Crippen LogP contribution is 2.12. The monoisotopic (exact) mass is 277 g/mol. The summed E-state index contributed by atoms with van der Waals surface area (Å²) in [5.74, 6) is 0.276. The number of nitrogens with zero attached hydrogens (tertiary/aromatic N) is 2. The Kier molecular flexibility index (Phi) is 4.60. The van der Waals surface area contributed by atoms with Crippen LogP contribution in [0.15, 0.2) is 6.07 Å². The zero-order chi connectivity index (χ0) is 14.7. The lowest BCUT2D eigenvalue weighted by molar-refractivity contribution is -0.128. The predicted molar refractivity (Wildman–Crippen MR) is 77.9 cm³/mol. The van der Waals surface area contributed by atoms with Crippen LogP contribution < -0.4 is 0 Å². The first kappa shape index (κ1) is 14.8. The molecular formula is C15H23N3O2. The van der Waals surface area contributed by atoms with E-state index in [9.17, 15) is 9.59 Å². The molecule has 0 aromatic carbocycles.